The zero-order valence-electron chi connectivity index (χ0n) is 20.2. The number of hydrogen-bond donors (Lipinski definition) is 3. The molecule has 0 amide bonds. The van der Waals surface area contributed by atoms with E-state index in [1.165, 1.54) is 22.9 Å². The predicted molar refractivity (Wildman–Crippen MR) is 144 cm³/mol. The lowest BCUT2D eigenvalue weighted by molar-refractivity contribution is 0.0464. The van der Waals surface area contributed by atoms with Gasteiger partial charge in [-0.2, -0.15) is 0 Å². The molecule has 3 aliphatic rings. The Morgan fingerprint density at radius 2 is 1.86 bits per heavy atom. The van der Waals surface area contributed by atoms with Crippen LogP contribution in [0.3, 0.4) is 0 Å². The second-order valence-corrected chi connectivity index (χ2v) is 11.4. The minimum atomic E-state index is -0.488. The standard InChI is InChI=1S/C26H28ClN7O2S/c27-18-17(7-10-31-21(18)29)37-24-22(30)33-23(19(32-24)25(35)36-15-5-6-15)34-11-8-26(9-12-34)13-14-3-1-2-4-16(14)20(26)28/h1-4,7,10,15,20H,5-6,8-9,11-13,28H2,(H2,29,31)(H2,30,33)/t20-/m1/s1. The van der Waals surface area contributed by atoms with Crippen LogP contribution in [0.1, 0.15) is 53.3 Å². The van der Waals surface area contributed by atoms with E-state index < -0.39 is 5.97 Å². The molecular weight excluding hydrogens is 510 g/mol. The SMILES string of the molecule is Nc1nc(N2CCC3(CC2)Cc2ccccc2[C@H]3N)c(C(=O)OC2CC2)nc1Sc1ccnc(N)c1Cl. The highest BCUT2D eigenvalue weighted by Gasteiger charge is 2.46. The fourth-order valence-corrected chi connectivity index (χ4v) is 6.39. The molecule has 2 fully saturated rings. The number of nitrogens with zero attached hydrogens (tertiary/aromatic N) is 4. The summed E-state index contributed by atoms with van der Waals surface area (Å²) in [7, 11) is 0. The molecule has 3 heterocycles. The maximum absolute atomic E-state index is 13.2. The van der Waals surface area contributed by atoms with Crippen LogP contribution in [0.5, 0.6) is 0 Å². The number of nitrogen functional groups attached to an aromatic ring is 2. The van der Waals surface area contributed by atoms with Crippen molar-refractivity contribution in [3.63, 3.8) is 0 Å². The molecule has 192 valence electrons. The third-order valence-corrected chi connectivity index (χ3v) is 9.16. The van der Waals surface area contributed by atoms with E-state index in [4.69, 9.17) is 33.5 Å². The third-order valence-electron chi connectivity index (χ3n) is 7.60. The molecule has 1 saturated heterocycles. The minimum Gasteiger partial charge on any atom is -0.458 e. The van der Waals surface area contributed by atoms with Crippen LogP contribution in [0.25, 0.3) is 0 Å². The van der Waals surface area contributed by atoms with Gasteiger partial charge in [0, 0.05) is 30.2 Å². The molecule has 1 atom stereocenters. The smallest absolute Gasteiger partial charge is 0.361 e. The van der Waals surface area contributed by atoms with Gasteiger partial charge in [-0.3, -0.25) is 0 Å². The summed E-state index contributed by atoms with van der Waals surface area (Å²) in [6.07, 6.45) is 5.94. The Hall–Kier alpha value is -3.08. The molecule has 0 unspecified atom stereocenters. The van der Waals surface area contributed by atoms with Crippen LogP contribution in [0.15, 0.2) is 46.5 Å². The monoisotopic (exact) mass is 537 g/mol. The molecule has 2 aromatic heterocycles. The molecule has 9 nitrogen and oxygen atoms in total. The number of halogens is 1. The van der Waals surface area contributed by atoms with E-state index in [1.807, 2.05) is 0 Å². The van der Waals surface area contributed by atoms with Gasteiger partial charge in [-0.05, 0) is 54.7 Å². The molecule has 3 aromatic rings. The maximum Gasteiger partial charge on any atom is 0.361 e. The second-order valence-electron chi connectivity index (χ2n) is 10.0. The number of esters is 1. The van der Waals surface area contributed by atoms with Gasteiger partial charge < -0.3 is 26.8 Å². The van der Waals surface area contributed by atoms with Gasteiger partial charge in [0.1, 0.15) is 16.9 Å². The third kappa shape index (κ3) is 4.47. The first-order valence-corrected chi connectivity index (χ1v) is 13.6. The summed E-state index contributed by atoms with van der Waals surface area (Å²) in [5.41, 5.74) is 21.7. The molecule has 6 N–H and O–H groups in total. The maximum atomic E-state index is 13.2. The summed E-state index contributed by atoms with van der Waals surface area (Å²) in [5, 5.41) is 0.663. The summed E-state index contributed by atoms with van der Waals surface area (Å²) in [5.74, 6) is 0.376. The van der Waals surface area contributed by atoms with Crippen LogP contribution in [-0.4, -0.2) is 40.1 Å². The van der Waals surface area contributed by atoms with Crippen LogP contribution in [0.4, 0.5) is 17.5 Å². The zero-order chi connectivity index (χ0) is 25.7. The summed E-state index contributed by atoms with van der Waals surface area (Å²) in [4.78, 5) is 29.2. The van der Waals surface area contributed by atoms with Gasteiger partial charge >= 0.3 is 5.97 Å². The highest BCUT2D eigenvalue weighted by Crippen LogP contribution is 2.51. The number of benzene rings is 1. The van der Waals surface area contributed by atoms with E-state index >= 15 is 0 Å². The number of pyridine rings is 1. The van der Waals surface area contributed by atoms with Crippen molar-refractivity contribution in [2.24, 2.45) is 11.1 Å². The number of nitrogens with two attached hydrogens (primary N) is 3. The van der Waals surface area contributed by atoms with Gasteiger partial charge in [0.2, 0.25) is 0 Å². The Balaban J connectivity index is 1.28. The van der Waals surface area contributed by atoms with Gasteiger partial charge in [-0.15, -0.1) is 0 Å². The van der Waals surface area contributed by atoms with Crippen molar-refractivity contribution in [1.82, 2.24) is 15.0 Å². The molecule has 11 heteroatoms. The quantitative estimate of drug-likeness (QED) is 0.408. The number of aromatic nitrogens is 3. The molecule has 0 radical (unpaired) electrons. The van der Waals surface area contributed by atoms with Gasteiger partial charge in [0.15, 0.2) is 17.3 Å². The highest BCUT2D eigenvalue weighted by molar-refractivity contribution is 7.99. The van der Waals surface area contributed by atoms with Crippen LogP contribution in [0, 0.1) is 5.41 Å². The summed E-state index contributed by atoms with van der Waals surface area (Å²) < 4.78 is 5.63. The Morgan fingerprint density at radius 3 is 2.59 bits per heavy atom. The molecule has 1 aromatic carbocycles. The highest BCUT2D eigenvalue weighted by atomic mass is 35.5. The van der Waals surface area contributed by atoms with E-state index in [9.17, 15) is 4.79 Å². The zero-order valence-corrected chi connectivity index (χ0v) is 21.8. The number of piperidine rings is 1. The summed E-state index contributed by atoms with van der Waals surface area (Å²) in [6, 6.07) is 10.1. The Labute approximate surface area is 224 Å². The fraction of sp³-hybridized carbons (Fsp3) is 0.385. The first kappa shape index (κ1) is 24.3. The second kappa shape index (κ2) is 9.34. The molecule has 0 bridgehead atoms. The van der Waals surface area contributed by atoms with Gasteiger partial charge in [-0.1, -0.05) is 47.6 Å². The van der Waals surface area contributed by atoms with Crippen molar-refractivity contribution < 1.29 is 9.53 Å². The summed E-state index contributed by atoms with van der Waals surface area (Å²) in [6.45, 7) is 1.39. The van der Waals surface area contributed by atoms with Crippen LogP contribution >= 0.6 is 23.4 Å². The Kier molecular flexibility index (Phi) is 6.13. The molecule has 6 rings (SSSR count). The van der Waals surface area contributed by atoms with Gasteiger partial charge in [0.05, 0.1) is 5.02 Å². The van der Waals surface area contributed by atoms with Crippen LogP contribution in [-0.2, 0) is 11.2 Å². The first-order chi connectivity index (χ1) is 17.8. The molecular formula is C26H28ClN7O2S. The number of carbonyl (C=O) groups is 1. The van der Waals surface area contributed by atoms with E-state index in [0.717, 1.165) is 32.1 Å². The number of rotatable bonds is 5. The van der Waals surface area contributed by atoms with E-state index in [0.29, 0.717) is 33.9 Å². The number of ether oxygens (including phenoxy) is 1. The molecule has 37 heavy (non-hydrogen) atoms. The summed E-state index contributed by atoms with van der Waals surface area (Å²) >= 11 is 7.52. The molecule has 1 aliphatic heterocycles. The van der Waals surface area contributed by atoms with Gasteiger partial charge in [-0.25, -0.2) is 19.7 Å². The first-order valence-electron chi connectivity index (χ1n) is 12.4. The molecule has 1 saturated carbocycles. The number of fused-ring (bicyclic) bond motifs is 1. The normalized spacial score (nSPS) is 20.2. The lowest BCUT2D eigenvalue weighted by Gasteiger charge is -2.42. The van der Waals surface area contributed by atoms with Crippen LogP contribution < -0.4 is 22.1 Å². The molecule has 1 spiro atoms. The average Bonchev–Trinajstić information content (AvgIpc) is 3.67. The Bertz CT molecular complexity index is 1380. The fourth-order valence-electron chi connectivity index (χ4n) is 5.34. The lowest BCUT2D eigenvalue weighted by Crippen LogP contribution is -2.45. The predicted octanol–water partition coefficient (Wildman–Crippen LogP) is 4.00. The van der Waals surface area contributed by atoms with Crippen molar-refractivity contribution in [1.29, 1.82) is 0 Å². The number of hydrogen-bond acceptors (Lipinski definition) is 10. The van der Waals surface area contributed by atoms with Crippen molar-refractivity contribution in [3.8, 4) is 0 Å². The minimum absolute atomic E-state index is 0.00165. The van der Waals surface area contributed by atoms with Crippen molar-refractivity contribution in [2.45, 2.75) is 54.2 Å². The average molecular weight is 538 g/mol. The van der Waals surface area contributed by atoms with Crippen LogP contribution in [0.2, 0.25) is 5.02 Å². The van der Waals surface area contributed by atoms with E-state index in [2.05, 4.69) is 44.1 Å². The number of carbonyl (C=O) groups excluding carboxylic acids is 1. The van der Waals surface area contributed by atoms with Gasteiger partial charge in [0.25, 0.3) is 0 Å². The van der Waals surface area contributed by atoms with Crippen molar-refractivity contribution >= 4 is 46.8 Å². The van der Waals surface area contributed by atoms with Crippen molar-refractivity contribution in [2.75, 3.05) is 29.5 Å². The Morgan fingerprint density at radius 1 is 1.11 bits per heavy atom. The van der Waals surface area contributed by atoms with E-state index in [-0.39, 0.29) is 34.9 Å². The van der Waals surface area contributed by atoms with Crippen molar-refractivity contribution in [3.05, 3.63) is 58.4 Å². The lowest BCUT2D eigenvalue weighted by atomic mass is 9.73. The largest absolute Gasteiger partial charge is 0.458 e. The molecule has 2 aliphatic carbocycles. The topological polar surface area (TPSA) is 146 Å². The van der Waals surface area contributed by atoms with E-state index in [1.54, 1.807) is 12.3 Å². The number of anilines is 3.